The second-order valence-corrected chi connectivity index (χ2v) is 9.40. The van der Waals surface area contributed by atoms with E-state index in [1.54, 1.807) is 18.0 Å². The molecule has 0 saturated heterocycles. The van der Waals surface area contributed by atoms with Crippen LogP contribution in [0.1, 0.15) is 27.0 Å². The van der Waals surface area contributed by atoms with Crippen molar-refractivity contribution < 1.29 is 14.4 Å². The third-order valence-electron chi connectivity index (χ3n) is 6.93. The molecule has 0 aromatic heterocycles. The van der Waals surface area contributed by atoms with Crippen LogP contribution in [0.2, 0.25) is 0 Å². The minimum atomic E-state index is -0.739. The maximum atomic E-state index is 14.0. The molecule has 4 aromatic rings. The molecule has 0 radical (unpaired) electrons. The van der Waals surface area contributed by atoms with Gasteiger partial charge in [0.1, 0.15) is 12.6 Å². The van der Waals surface area contributed by atoms with Crippen molar-refractivity contribution in [2.45, 2.75) is 25.9 Å². The number of hydrogen-bond acceptors (Lipinski definition) is 3. The summed E-state index contributed by atoms with van der Waals surface area (Å²) in [4.78, 5) is 43.6. The molecule has 0 saturated carbocycles. The highest BCUT2D eigenvalue weighted by Gasteiger charge is 2.35. The molecule has 1 N–H and O–H groups in total. The van der Waals surface area contributed by atoms with Gasteiger partial charge in [-0.2, -0.15) is 0 Å². The predicted molar refractivity (Wildman–Crippen MR) is 145 cm³/mol. The number of anilines is 1. The van der Waals surface area contributed by atoms with Crippen LogP contribution in [0.15, 0.2) is 91.0 Å². The first-order chi connectivity index (χ1) is 18.0. The van der Waals surface area contributed by atoms with Crippen LogP contribution in [0.5, 0.6) is 0 Å². The average molecular weight is 492 g/mol. The minimum Gasteiger partial charge on any atom is -0.357 e. The molecule has 186 valence electrons. The van der Waals surface area contributed by atoms with Crippen molar-refractivity contribution in [2.24, 2.45) is 0 Å². The molecule has 3 amide bonds. The SMILES string of the molecule is CNC(=O)[C@H](Cc1ccccc1)N(Cc1ccc(C)cc1)C(=O)CN1C(=O)c2cccc3cccc1c23. The highest BCUT2D eigenvalue weighted by Crippen LogP contribution is 2.37. The zero-order chi connectivity index (χ0) is 25.9. The Kier molecular flexibility index (Phi) is 6.73. The number of amides is 3. The summed E-state index contributed by atoms with van der Waals surface area (Å²) in [6, 6.07) is 28.2. The van der Waals surface area contributed by atoms with Crippen LogP contribution in [-0.4, -0.2) is 42.3 Å². The van der Waals surface area contributed by atoms with Gasteiger partial charge in [-0.1, -0.05) is 84.4 Å². The van der Waals surface area contributed by atoms with Gasteiger partial charge >= 0.3 is 0 Å². The lowest BCUT2D eigenvalue weighted by molar-refractivity contribution is -0.140. The lowest BCUT2D eigenvalue weighted by Gasteiger charge is -2.32. The summed E-state index contributed by atoms with van der Waals surface area (Å²) in [6.07, 6.45) is 0.363. The number of nitrogens with one attached hydrogen (secondary N) is 1. The van der Waals surface area contributed by atoms with Crippen molar-refractivity contribution >= 4 is 34.2 Å². The van der Waals surface area contributed by atoms with E-state index < -0.39 is 6.04 Å². The Labute approximate surface area is 216 Å². The summed E-state index contributed by atoms with van der Waals surface area (Å²) < 4.78 is 0. The molecule has 0 aliphatic carbocycles. The van der Waals surface area contributed by atoms with Gasteiger partial charge < -0.3 is 10.2 Å². The van der Waals surface area contributed by atoms with Gasteiger partial charge in [0.15, 0.2) is 0 Å². The lowest BCUT2D eigenvalue weighted by atomic mass is 10.0. The maximum Gasteiger partial charge on any atom is 0.259 e. The number of hydrogen-bond donors (Lipinski definition) is 1. The molecule has 5 rings (SSSR count). The Morgan fingerprint density at radius 3 is 2.27 bits per heavy atom. The van der Waals surface area contributed by atoms with Crippen LogP contribution in [0.3, 0.4) is 0 Å². The predicted octanol–water partition coefficient (Wildman–Crippen LogP) is 4.49. The van der Waals surface area contributed by atoms with Crippen LogP contribution >= 0.6 is 0 Å². The summed E-state index contributed by atoms with van der Waals surface area (Å²) in [6.45, 7) is 2.11. The van der Waals surface area contributed by atoms with Gasteiger partial charge in [0, 0.05) is 31.0 Å². The Hall–Kier alpha value is -4.45. The first-order valence-corrected chi connectivity index (χ1v) is 12.4. The van der Waals surface area contributed by atoms with E-state index in [0.717, 1.165) is 33.2 Å². The largest absolute Gasteiger partial charge is 0.357 e. The quantitative estimate of drug-likeness (QED) is 0.395. The fourth-order valence-electron chi connectivity index (χ4n) is 4.97. The van der Waals surface area contributed by atoms with Crippen LogP contribution in [0.4, 0.5) is 5.69 Å². The van der Waals surface area contributed by atoms with E-state index in [1.165, 1.54) is 4.90 Å². The molecule has 1 aliphatic heterocycles. The normalized spacial score (nSPS) is 13.0. The van der Waals surface area contributed by atoms with Crippen LogP contribution in [0.25, 0.3) is 10.8 Å². The molecule has 37 heavy (non-hydrogen) atoms. The summed E-state index contributed by atoms with van der Waals surface area (Å²) in [5.41, 5.74) is 4.30. The monoisotopic (exact) mass is 491 g/mol. The molecular weight excluding hydrogens is 462 g/mol. The maximum absolute atomic E-state index is 14.0. The Balaban J connectivity index is 1.50. The zero-order valence-electron chi connectivity index (χ0n) is 21.0. The number of likely N-dealkylation sites (N-methyl/N-ethyl adjacent to an activating group) is 1. The Morgan fingerprint density at radius 2 is 1.57 bits per heavy atom. The van der Waals surface area contributed by atoms with Gasteiger partial charge in [-0.05, 0) is 35.6 Å². The summed E-state index contributed by atoms with van der Waals surface area (Å²) in [7, 11) is 1.58. The Bertz CT molecular complexity index is 1460. The van der Waals surface area contributed by atoms with E-state index in [0.29, 0.717) is 12.0 Å². The molecule has 1 aliphatic rings. The highest BCUT2D eigenvalue weighted by atomic mass is 16.2. The van der Waals surface area contributed by atoms with E-state index in [-0.39, 0.29) is 30.8 Å². The second-order valence-electron chi connectivity index (χ2n) is 9.40. The van der Waals surface area contributed by atoms with Gasteiger partial charge in [0.2, 0.25) is 11.8 Å². The number of carbonyl (C=O) groups excluding carboxylic acids is 3. The molecule has 0 spiro atoms. The van der Waals surface area contributed by atoms with Gasteiger partial charge in [-0.15, -0.1) is 0 Å². The molecule has 1 atom stereocenters. The molecule has 4 aromatic carbocycles. The van der Waals surface area contributed by atoms with Gasteiger partial charge in [0.05, 0.1) is 5.69 Å². The van der Waals surface area contributed by atoms with E-state index >= 15 is 0 Å². The topological polar surface area (TPSA) is 69.7 Å². The van der Waals surface area contributed by atoms with Gasteiger partial charge in [-0.25, -0.2) is 0 Å². The molecule has 6 heteroatoms. The lowest BCUT2D eigenvalue weighted by Crippen LogP contribution is -2.52. The Morgan fingerprint density at radius 1 is 0.865 bits per heavy atom. The van der Waals surface area contributed by atoms with E-state index in [2.05, 4.69) is 5.32 Å². The summed E-state index contributed by atoms with van der Waals surface area (Å²) in [5, 5.41) is 4.56. The molecule has 0 bridgehead atoms. The van der Waals surface area contributed by atoms with E-state index in [1.807, 2.05) is 91.9 Å². The van der Waals surface area contributed by atoms with E-state index in [4.69, 9.17) is 0 Å². The van der Waals surface area contributed by atoms with E-state index in [9.17, 15) is 14.4 Å². The van der Waals surface area contributed by atoms with Crippen molar-refractivity contribution in [3.8, 4) is 0 Å². The van der Waals surface area contributed by atoms with Gasteiger partial charge in [-0.3, -0.25) is 19.3 Å². The van der Waals surface area contributed by atoms with Crippen molar-refractivity contribution in [2.75, 3.05) is 18.5 Å². The average Bonchev–Trinajstić information content (AvgIpc) is 3.19. The first-order valence-electron chi connectivity index (χ1n) is 12.4. The van der Waals surface area contributed by atoms with Crippen LogP contribution in [0, 0.1) is 6.92 Å². The highest BCUT2D eigenvalue weighted by molar-refractivity contribution is 6.26. The van der Waals surface area contributed by atoms with Crippen molar-refractivity contribution in [1.29, 1.82) is 0 Å². The molecule has 6 nitrogen and oxygen atoms in total. The number of carbonyl (C=O) groups is 3. The summed E-state index contributed by atoms with van der Waals surface area (Å²) >= 11 is 0. The number of nitrogens with zero attached hydrogens (tertiary/aromatic N) is 2. The fraction of sp³-hybridized carbons (Fsp3) is 0.194. The smallest absolute Gasteiger partial charge is 0.259 e. The standard InChI is InChI=1S/C31H29N3O3/c1-21-14-16-23(17-15-21)19-33(27(30(36)32-2)18-22-8-4-3-5-9-22)28(35)20-34-26-13-7-11-24-10-6-12-25(29(24)26)31(34)37/h3-17,27H,18-20H2,1-2H3,(H,32,36)/t27-/m0/s1. The summed E-state index contributed by atoms with van der Waals surface area (Å²) in [5.74, 6) is -0.735. The van der Waals surface area contributed by atoms with Crippen molar-refractivity contribution in [3.63, 3.8) is 0 Å². The van der Waals surface area contributed by atoms with Crippen LogP contribution in [-0.2, 0) is 22.6 Å². The first kappa shape index (κ1) is 24.3. The van der Waals surface area contributed by atoms with Crippen molar-refractivity contribution in [1.82, 2.24) is 10.2 Å². The van der Waals surface area contributed by atoms with Gasteiger partial charge in [0.25, 0.3) is 5.91 Å². The molecular formula is C31H29N3O3. The molecule has 0 unspecified atom stereocenters. The van der Waals surface area contributed by atoms with Crippen LogP contribution < -0.4 is 10.2 Å². The molecule has 1 heterocycles. The number of rotatable bonds is 8. The third kappa shape index (κ3) is 4.83. The number of aryl methyl sites for hydroxylation is 1. The second kappa shape index (κ2) is 10.3. The molecule has 0 fully saturated rings. The number of benzene rings is 4. The minimum absolute atomic E-state index is 0.152. The van der Waals surface area contributed by atoms with Crippen molar-refractivity contribution in [3.05, 3.63) is 113 Å². The third-order valence-corrected chi connectivity index (χ3v) is 6.93. The fourth-order valence-corrected chi connectivity index (χ4v) is 4.97. The zero-order valence-corrected chi connectivity index (χ0v) is 21.0.